The van der Waals surface area contributed by atoms with Gasteiger partial charge >= 0.3 is 0 Å². The van der Waals surface area contributed by atoms with Crippen molar-refractivity contribution in [2.45, 2.75) is 13.1 Å². The van der Waals surface area contributed by atoms with E-state index in [4.69, 9.17) is 11.6 Å². The summed E-state index contributed by atoms with van der Waals surface area (Å²) in [5.41, 5.74) is 3.83. The largest absolute Gasteiger partial charge is 0.343 e. The van der Waals surface area contributed by atoms with Gasteiger partial charge in [0.25, 0.3) is 0 Å². The van der Waals surface area contributed by atoms with Crippen LogP contribution in [-0.2, 0) is 13.1 Å². The van der Waals surface area contributed by atoms with Gasteiger partial charge in [0.2, 0.25) is 0 Å². The minimum atomic E-state index is 0.780. The first kappa shape index (κ1) is 13.2. The molecule has 3 heteroatoms. The van der Waals surface area contributed by atoms with E-state index < -0.39 is 0 Å². The van der Waals surface area contributed by atoms with Gasteiger partial charge in [0.05, 0.1) is 0 Å². The highest BCUT2D eigenvalue weighted by atomic mass is 35.5. The topological polar surface area (TPSA) is 17.0 Å². The SMILES string of the molecule is CNCc1ccc2ccn(Cc3ccc(Cl)cc3)c2c1. The Balaban J connectivity index is 1.94. The average Bonchev–Trinajstić information content (AvgIpc) is 2.85. The second-order valence-electron chi connectivity index (χ2n) is 4.99. The first-order valence-electron chi connectivity index (χ1n) is 6.73. The smallest absolute Gasteiger partial charge is 0.0486 e. The van der Waals surface area contributed by atoms with Gasteiger partial charge in [0.15, 0.2) is 0 Å². The number of fused-ring (bicyclic) bond motifs is 1. The van der Waals surface area contributed by atoms with Crippen molar-refractivity contribution in [2.24, 2.45) is 0 Å². The summed E-state index contributed by atoms with van der Waals surface area (Å²) in [6.45, 7) is 1.76. The predicted molar refractivity (Wildman–Crippen MR) is 85.3 cm³/mol. The van der Waals surface area contributed by atoms with Crippen molar-refractivity contribution < 1.29 is 0 Å². The number of nitrogens with zero attached hydrogens (tertiary/aromatic N) is 1. The van der Waals surface area contributed by atoms with E-state index in [-0.39, 0.29) is 0 Å². The van der Waals surface area contributed by atoms with Crippen LogP contribution in [0.3, 0.4) is 0 Å². The summed E-state index contributed by atoms with van der Waals surface area (Å²) in [6.07, 6.45) is 2.14. The molecule has 0 saturated carbocycles. The Kier molecular flexibility index (Phi) is 3.77. The van der Waals surface area contributed by atoms with E-state index in [2.05, 4.69) is 52.5 Å². The Morgan fingerprint density at radius 3 is 2.50 bits per heavy atom. The second kappa shape index (κ2) is 5.70. The molecule has 0 unspecified atom stereocenters. The second-order valence-corrected chi connectivity index (χ2v) is 5.43. The van der Waals surface area contributed by atoms with Crippen LogP contribution < -0.4 is 5.32 Å². The monoisotopic (exact) mass is 284 g/mol. The van der Waals surface area contributed by atoms with Crippen molar-refractivity contribution in [3.8, 4) is 0 Å². The average molecular weight is 285 g/mol. The maximum Gasteiger partial charge on any atom is 0.0486 e. The summed E-state index contributed by atoms with van der Waals surface area (Å²) in [7, 11) is 1.97. The molecule has 0 saturated heterocycles. The van der Waals surface area contributed by atoms with Gasteiger partial charge in [-0.3, -0.25) is 0 Å². The lowest BCUT2D eigenvalue weighted by atomic mass is 10.1. The third-order valence-electron chi connectivity index (χ3n) is 3.49. The van der Waals surface area contributed by atoms with E-state index in [1.807, 2.05) is 19.2 Å². The molecule has 0 atom stereocenters. The van der Waals surface area contributed by atoms with Gasteiger partial charge in [-0.1, -0.05) is 35.9 Å². The summed E-state index contributed by atoms with van der Waals surface area (Å²) >= 11 is 5.93. The Bertz CT molecular complexity index is 713. The molecule has 2 aromatic carbocycles. The lowest BCUT2D eigenvalue weighted by molar-refractivity contribution is 0.812. The Morgan fingerprint density at radius 2 is 1.75 bits per heavy atom. The molecule has 0 spiro atoms. The Morgan fingerprint density at radius 1 is 1.00 bits per heavy atom. The van der Waals surface area contributed by atoms with Crippen LogP contribution in [0.15, 0.2) is 54.7 Å². The molecule has 0 aliphatic heterocycles. The van der Waals surface area contributed by atoms with Crippen LogP contribution in [0.25, 0.3) is 10.9 Å². The van der Waals surface area contributed by atoms with Gasteiger partial charge in [-0.15, -0.1) is 0 Å². The van der Waals surface area contributed by atoms with E-state index >= 15 is 0 Å². The first-order valence-corrected chi connectivity index (χ1v) is 7.11. The van der Waals surface area contributed by atoms with Crippen molar-refractivity contribution in [3.63, 3.8) is 0 Å². The van der Waals surface area contributed by atoms with Crippen molar-refractivity contribution in [2.75, 3.05) is 7.05 Å². The quantitative estimate of drug-likeness (QED) is 0.764. The summed E-state index contributed by atoms with van der Waals surface area (Å²) in [6, 6.07) is 16.8. The minimum Gasteiger partial charge on any atom is -0.343 e. The molecule has 1 aromatic heterocycles. The van der Waals surface area contributed by atoms with Gasteiger partial charge in [-0.25, -0.2) is 0 Å². The highest BCUT2D eigenvalue weighted by Crippen LogP contribution is 2.20. The van der Waals surface area contributed by atoms with Gasteiger partial charge in [-0.05, 0) is 47.8 Å². The molecule has 0 bridgehead atoms. The third kappa shape index (κ3) is 2.72. The molecule has 0 aliphatic rings. The first-order chi connectivity index (χ1) is 9.76. The van der Waals surface area contributed by atoms with Crippen molar-refractivity contribution >= 4 is 22.5 Å². The minimum absolute atomic E-state index is 0.780. The number of aromatic nitrogens is 1. The number of benzene rings is 2. The molecule has 0 amide bonds. The molecule has 1 N–H and O–H groups in total. The molecule has 0 aliphatic carbocycles. The number of hydrogen-bond donors (Lipinski definition) is 1. The molecule has 0 fully saturated rings. The fourth-order valence-electron chi connectivity index (χ4n) is 2.47. The fraction of sp³-hybridized carbons (Fsp3) is 0.176. The van der Waals surface area contributed by atoms with Gasteiger partial charge in [0, 0.05) is 29.8 Å². The molecule has 2 nitrogen and oxygen atoms in total. The van der Waals surface area contributed by atoms with Crippen LogP contribution in [0.4, 0.5) is 0 Å². The molecule has 0 radical (unpaired) electrons. The van der Waals surface area contributed by atoms with Gasteiger partial charge < -0.3 is 9.88 Å². The molecule has 3 rings (SSSR count). The molecule has 20 heavy (non-hydrogen) atoms. The van der Waals surface area contributed by atoms with Crippen LogP contribution >= 0.6 is 11.6 Å². The van der Waals surface area contributed by atoms with Gasteiger partial charge in [0.1, 0.15) is 0 Å². The maximum absolute atomic E-state index is 5.93. The van der Waals surface area contributed by atoms with E-state index in [9.17, 15) is 0 Å². The van der Waals surface area contributed by atoms with E-state index in [1.165, 1.54) is 22.0 Å². The highest BCUT2D eigenvalue weighted by molar-refractivity contribution is 6.30. The number of hydrogen-bond acceptors (Lipinski definition) is 1. The van der Waals surface area contributed by atoms with Crippen LogP contribution in [0.5, 0.6) is 0 Å². The lowest BCUT2D eigenvalue weighted by Gasteiger charge is -2.07. The molecular formula is C17H17ClN2. The number of nitrogens with one attached hydrogen (secondary N) is 1. The van der Waals surface area contributed by atoms with Crippen LogP contribution in [-0.4, -0.2) is 11.6 Å². The van der Waals surface area contributed by atoms with E-state index in [0.717, 1.165) is 18.1 Å². The highest BCUT2D eigenvalue weighted by Gasteiger charge is 2.03. The van der Waals surface area contributed by atoms with E-state index in [1.54, 1.807) is 0 Å². The summed E-state index contributed by atoms with van der Waals surface area (Å²) in [5.74, 6) is 0. The molecule has 1 heterocycles. The number of halogens is 1. The van der Waals surface area contributed by atoms with Crippen LogP contribution in [0.2, 0.25) is 5.02 Å². The van der Waals surface area contributed by atoms with Crippen molar-refractivity contribution in [1.82, 2.24) is 9.88 Å². The van der Waals surface area contributed by atoms with E-state index in [0.29, 0.717) is 0 Å². The zero-order valence-electron chi connectivity index (χ0n) is 11.4. The Hall–Kier alpha value is -1.77. The molecule has 3 aromatic rings. The standard InChI is InChI=1S/C17H17ClN2/c1-19-11-14-2-5-15-8-9-20(17(15)10-14)12-13-3-6-16(18)7-4-13/h2-10,19H,11-12H2,1H3. The zero-order valence-corrected chi connectivity index (χ0v) is 12.2. The summed E-state index contributed by atoms with van der Waals surface area (Å²) in [5, 5.41) is 5.25. The Labute approximate surface area is 124 Å². The maximum atomic E-state index is 5.93. The van der Waals surface area contributed by atoms with Crippen molar-refractivity contribution in [3.05, 3.63) is 70.9 Å². The van der Waals surface area contributed by atoms with Crippen LogP contribution in [0, 0.1) is 0 Å². The predicted octanol–water partition coefficient (Wildman–Crippen LogP) is 4.06. The molecule has 102 valence electrons. The normalized spacial score (nSPS) is 11.1. The summed E-state index contributed by atoms with van der Waals surface area (Å²) in [4.78, 5) is 0. The zero-order chi connectivity index (χ0) is 13.9. The lowest BCUT2D eigenvalue weighted by Crippen LogP contribution is -2.05. The van der Waals surface area contributed by atoms with Gasteiger partial charge in [-0.2, -0.15) is 0 Å². The third-order valence-corrected chi connectivity index (χ3v) is 3.74. The number of rotatable bonds is 4. The molecular weight excluding hydrogens is 268 g/mol. The van der Waals surface area contributed by atoms with Crippen LogP contribution in [0.1, 0.15) is 11.1 Å². The summed E-state index contributed by atoms with van der Waals surface area (Å²) < 4.78 is 2.28. The fourth-order valence-corrected chi connectivity index (χ4v) is 2.59. The van der Waals surface area contributed by atoms with Crippen molar-refractivity contribution in [1.29, 1.82) is 0 Å².